The number of benzene rings is 1. The Morgan fingerprint density at radius 1 is 1.28 bits per heavy atom. The van der Waals surface area contributed by atoms with Gasteiger partial charge in [0.15, 0.2) is 0 Å². The van der Waals surface area contributed by atoms with Gasteiger partial charge in [-0.1, -0.05) is 6.07 Å². The van der Waals surface area contributed by atoms with E-state index >= 15 is 0 Å². The molecule has 0 aliphatic heterocycles. The van der Waals surface area contributed by atoms with Crippen molar-refractivity contribution in [1.82, 2.24) is 5.32 Å². The van der Waals surface area contributed by atoms with E-state index in [0.717, 1.165) is 5.56 Å². The zero-order chi connectivity index (χ0) is 13.5. The van der Waals surface area contributed by atoms with E-state index < -0.39 is 6.09 Å². The van der Waals surface area contributed by atoms with Gasteiger partial charge in [0.1, 0.15) is 0 Å². The number of nitrogens with one attached hydrogen (secondary N) is 2. The minimum atomic E-state index is -0.520. The number of hydrogen-bond acceptors (Lipinski definition) is 3. The van der Waals surface area contributed by atoms with E-state index in [-0.39, 0.29) is 5.91 Å². The van der Waals surface area contributed by atoms with Gasteiger partial charge < -0.3 is 10.1 Å². The van der Waals surface area contributed by atoms with Gasteiger partial charge in [0.05, 0.1) is 6.61 Å². The summed E-state index contributed by atoms with van der Waals surface area (Å²) in [7, 11) is 0. The van der Waals surface area contributed by atoms with Gasteiger partial charge in [-0.05, 0) is 38.5 Å². The molecule has 98 valence electrons. The van der Waals surface area contributed by atoms with E-state index in [2.05, 4.69) is 10.6 Å². The van der Waals surface area contributed by atoms with Gasteiger partial charge in [-0.2, -0.15) is 0 Å². The summed E-state index contributed by atoms with van der Waals surface area (Å²) in [4.78, 5) is 23.0. The van der Waals surface area contributed by atoms with Crippen molar-refractivity contribution in [1.29, 1.82) is 0 Å². The lowest BCUT2D eigenvalue weighted by atomic mass is 10.1. The standard InChI is InChI=1S/C13H18N2O3/c1-4-14-12(16)10-7-6-9(3)11(8-10)15-13(17)18-5-2/h6-8H,4-5H2,1-3H3,(H,14,16)(H,15,17). The van der Waals surface area contributed by atoms with E-state index in [1.165, 1.54) is 0 Å². The second-order valence-electron chi connectivity index (χ2n) is 3.73. The topological polar surface area (TPSA) is 67.4 Å². The molecule has 0 atom stereocenters. The molecule has 0 saturated carbocycles. The van der Waals surface area contributed by atoms with Crippen LogP contribution in [0.15, 0.2) is 18.2 Å². The molecule has 5 nitrogen and oxygen atoms in total. The largest absolute Gasteiger partial charge is 0.450 e. The Hall–Kier alpha value is -2.04. The third kappa shape index (κ3) is 3.76. The Kier molecular flexibility index (Phi) is 5.17. The number of hydrogen-bond donors (Lipinski definition) is 2. The molecular formula is C13H18N2O3. The quantitative estimate of drug-likeness (QED) is 0.861. The minimum Gasteiger partial charge on any atom is -0.450 e. The van der Waals surface area contributed by atoms with Crippen LogP contribution in [0.3, 0.4) is 0 Å². The van der Waals surface area contributed by atoms with E-state index in [4.69, 9.17) is 4.74 Å². The molecule has 18 heavy (non-hydrogen) atoms. The van der Waals surface area contributed by atoms with Crippen LogP contribution >= 0.6 is 0 Å². The third-order valence-electron chi connectivity index (χ3n) is 2.35. The van der Waals surface area contributed by atoms with Gasteiger partial charge in [0, 0.05) is 17.8 Å². The van der Waals surface area contributed by atoms with Crippen LogP contribution in [0.25, 0.3) is 0 Å². The Morgan fingerprint density at radius 3 is 2.61 bits per heavy atom. The van der Waals surface area contributed by atoms with E-state index in [1.807, 2.05) is 13.8 Å². The highest BCUT2D eigenvalue weighted by Crippen LogP contribution is 2.17. The monoisotopic (exact) mass is 250 g/mol. The van der Waals surface area contributed by atoms with Crippen molar-refractivity contribution >= 4 is 17.7 Å². The first-order chi connectivity index (χ1) is 8.58. The van der Waals surface area contributed by atoms with Crippen LogP contribution in [-0.2, 0) is 4.74 Å². The van der Waals surface area contributed by atoms with Crippen molar-refractivity contribution in [2.24, 2.45) is 0 Å². The van der Waals surface area contributed by atoms with Gasteiger partial charge in [-0.3, -0.25) is 10.1 Å². The van der Waals surface area contributed by atoms with Gasteiger partial charge >= 0.3 is 6.09 Å². The molecule has 0 bridgehead atoms. The molecule has 1 aromatic carbocycles. The summed E-state index contributed by atoms with van der Waals surface area (Å²) in [5, 5.41) is 5.31. The van der Waals surface area contributed by atoms with Crippen LogP contribution in [0.5, 0.6) is 0 Å². The van der Waals surface area contributed by atoms with Crippen LogP contribution in [0.4, 0.5) is 10.5 Å². The average molecular weight is 250 g/mol. The van der Waals surface area contributed by atoms with Crippen molar-refractivity contribution in [3.05, 3.63) is 29.3 Å². The zero-order valence-electron chi connectivity index (χ0n) is 10.9. The number of anilines is 1. The first kappa shape index (κ1) is 14.0. The maximum absolute atomic E-state index is 11.7. The summed E-state index contributed by atoms with van der Waals surface area (Å²) < 4.78 is 4.80. The number of amides is 2. The molecule has 1 rings (SSSR count). The first-order valence-electron chi connectivity index (χ1n) is 5.91. The predicted molar refractivity (Wildman–Crippen MR) is 69.8 cm³/mol. The Balaban J connectivity index is 2.87. The summed E-state index contributed by atoms with van der Waals surface area (Å²) in [5.74, 6) is -0.163. The molecule has 0 aromatic heterocycles. The van der Waals surface area contributed by atoms with Crippen molar-refractivity contribution in [2.75, 3.05) is 18.5 Å². The number of ether oxygens (including phenoxy) is 1. The second-order valence-corrected chi connectivity index (χ2v) is 3.73. The lowest BCUT2D eigenvalue weighted by molar-refractivity contribution is 0.0955. The molecule has 0 aliphatic rings. The Morgan fingerprint density at radius 2 is 2.00 bits per heavy atom. The molecule has 1 aromatic rings. The smallest absolute Gasteiger partial charge is 0.411 e. The van der Waals surface area contributed by atoms with Crippen molar-refractivity contribution in [3.63, 3.8) is 0 Å². The van der Waals surface area contributed by atoms with Gasteiger partial charge in [0.2, 0.25) is 0 Å². The predicted octanol–water partition coefficient (Wildman–Crippen LogP) is 2.31. The molecule has 0 aliphatic carbocycles. The Labute approximate surface area is 107 Å². The molecule has 0 saturated heterocycles. The number of aryl methyl sites for hydroxylation is 1. The highest BCUT2D eigenvalue weighted by molar-refractivity contribution is 5.96. The number of rotatable bonds is 4. The minimum absolute atomic E-state index is 0.163. The Bertz CT molecular complexity index is 444. The fourth-order valence-corrected chi connectivity index (χ4v) is 1.44. The summed E-state index contributed by atoms with van der Waals surface area (Å²) in [5.41, 5.74) is 1.96. The van der Waals surface area contributed by atoms with Crippen LogP contribution in [0, 0.1) is 6.92 Å². The van der Waals surface area contributed by atoms with Gasteiger partial charge in [-0.15, -0.1) is 0 Å². The van der Waals surface area contributed by atoms with E-state index in [1.54, 1.807) is 25.1 Å². The highest BCUT2D eigenvalue weighted by atomic mass is 16.5. The van der Waals surface area contributed by atoms with Crippen LogP contribution in [0.2, 0.25) is 0 Å². The lowest BCUT2D eigenvalue weighted by Gasteiger charge is -2.10. The average Bonchev–Trinajstić information content (AvgIpc) is 2.32. The maximum atomic E-state index is 11.7. The molecule has 2 N–H and O–H groups in total. The van der Waals surface area contributed by atoms with Gasteiger partial charge in [0.25, 0.3) is 5.91 Å². The molecule has 0 heterocycles. The van der Waals surface area contributed by atoms with Crippen molar-refractivity contribution in [3.8, 4) is 0 Å². The van der Waals surface area contributed by atoms with Crippen LogP contribution < -0.4 is 10.6 Å². The summed E-state index contributed by atoms with van der Waals surface area (Å²) >= 11 is 0. The van der Waals surface area contributed by atoms with E-state index in [9.17, 15) is 9.59 Å². The number of carbonyl (C=O) groups is 2. The molecule has 5 heteroatoms. The summed E-state index contributed by atoms with van der Waals surface area (Å²) in [6.07, 6.45) is -0.520. The fourth-order valence-electron chi connectivity index (χ4n) is 1.44. The lowest BCUT2D eigenvalue weighted by Crippen LogP contribution is -2.23. The van der Waals surface area contributed by atoms with Gasteiger partial charge in [-0.25, -0.2) is 4.79 Å². The zero-order valence-corrected chi connectivity index (χ0v) is 10.9. The van der Waals surface area contributed by atoms with Crippen molar-refractivity contribution < 1.29 is 14.3 Å². The number of carbonyl (C=O) groups excluding carboxylic acids is 2. The molecule has 0 spiro atoms. The van der Waals surface area contributed by atoms with Crippen molar-refractivity contribution in [2.45, 2.75) is 20.8 Å². The maximum Gasteiger partial charge on any atom is 0.411 e. The van der Waals surface area contributed by atoms with Crippen LogP contribution in [0.1, 0.15) is 29.8 Å². The fraction of sp³-hybridized carbons (Fsp3) is 0.385. The third-order valence-corrected chi connectivity index (χ3v) is 2.35. The molecule has 0 fully saturated rings. The highest BCUT2D eigenvalue weighted by Gasteiger charge is 2.09. The first-order valence-corrected chi connectivity index (χ1v) is 5.91. The SMILES string of the molecule is CCNC(=O)c1ccc(C)c(NC(=O)OCC)c1. The molecular weight excluding hydrogens is 232 g/mol. The molecule has 0 radical (unpaired) electrons. The second kappa shape index (κ2) is 6.64. The normalized spacial score (nSPS) is 9.72. The van der Waals surface area contributed by atoms with E-state index in [0.29, 0.717) is 24.4 Å². The molecule has 0 unspecified atom stereocenters. The van der Waals surface area contributed by atoms with Crippen LogP contribution in [-0.4, -0.2) is 25.2 Å². The molecule has 2 amide bonds. The summed E-state index contributed by atoms with van der Waals surface area (Å²) in [6, 6.07) is 5.14. The summed E-state index contributed by atoms with van der Waals surface area (Å²) in [6.45, 7) is 6.30.